The number of carbonyl (C=O) groups is 2. The van der Waals surface area contributed by atoms with Crippen molar-refractivity contribution in [3.8, 4) is 0 Å². The highest BCUT2D eigenvalue weighted by atomic mass is 16.2. The SMILES string of the molecule is Cc1ccc(CCCCC(=O)NCC(=O)Nc2cccc3ccccc23)cc1. The molecule has 4 nitrogen and oxygen atoms in total. The summed E-state index contributed by atoms with van der Waals surface area (Å²) >= 11 is 0. The fourth-order valence-electron chi connectivity index (χ4n) is 3.17. The van der Waals surface area contributed by atoms with Gasteiger partial charge < -0.3 is 10.6 Å². The van der Waals surface area contributed by atoms with Crippen molar-refractivity contribution in [3.05, 3.63) is 77.9 Å². The van der Waals surface area contributed by atoms with Crippen LogP contribution in [-0.2, 0) is 16.0 Å². The first kappa shape index (κ1) is 19.6. The molecule has 0 spiro atoms. The van der Waals surface area contributed by atoms with Gasteiger partial charge in [0, 0.05) is 17.5 Å². The van der Waals surface area contributed by atoms with Gasteiger partial charge in [0.15, 0.2) is 0 Å². The second kappa shape index (κ2) is 9.70. The molecule has 144 valence electrons. The number of unbranched alkanes of at least 4 members (excludes halogenated alkanes) is 1. The van der Waals surface area contributed by atoms with E-state index in [1.165, 1.54) is 11.1 Å². The summed E-state index contributed by atoms with van der Waals surface area (Å²) in [6, 6.07) is 22.1. The molecule has 0 unspecified atom stereocenters. The Bertz CT molecular complexity index is 943. The second-order valence-electron chi connectivity index (χ2n) is 7.04. The van der Waals surface area contributed by atoms with Gasteiger partial charge in [0.05, 0.1) is 6.54 Å². The molecule has 3 aromatic carbocycles. The van der Waals surface area contributed by atoms with Crippen molar-refractivity contribution in [2.75, 3.05) is 11.9 Å². The predicted octanol–water partition coefficient (Wildman–Crippen LogP) is 4.62. The number of fused-ring (bicyclic) bond motifs is 1. The van der Waals surface area contributed by atoms with Gasteiger partial charge in [-0.25, -0.2) is 0 Å². The molecule has 3 aromatic rings. The van der Waals surface area contributed by atoms with E-state index in [-0.39, 0.29) is 18.4 Å². The maximum Gasteiger partial charge on any atom is 0.243 e. The van der Waals surface area contributed by atoms with Crippen LogP contribution in [0.5, 0.6) is 0 Å². The lowest BCUT2D eigenvalue weighted by Gasteiger charge is -2.09. The van der Waals surface area contributed by atoms with Crippen molar-refractivity contribution in [1.29, 1.82) is 0 Å². The molecule has 0 aromatic heterocycles. The summed E-state index contributed by atoms with van der Waals surface area (Å²) in [5, 5.41) is 7.64. The number of benzene rings is 3. The molecule has 3 rings (SSSR count). The van der Waals surface area contributed by atoms with Gasteiger partial charge in [-0.2, -0.15) is 0 Å². The van der Waals surface area contributed by atoms with E-state index in [1.807, 2.05) is 42.5 Å². The van der Waals surface area contributed by atoms with Crippen LogP contribution in [0.3, 0.4) is 0 Å². The third-order valence-electron chi connectivity index (χ3n) is 4.75. The van der Waals surface area contributed by atoms with Crippen molar-refractivity contribution in [1.82, 2.24) is 5.32 Å². The Hall–Kier alpha value is -3.14. The largest absolute Gasteiger partial charge is 0.347 e. The number of nitrogens with one attached hydrogen (secondary N) is 2. The molecule has 0 heterocycles. The topological polar surface area (TPSA) is 58.2 Å². The van der Waals surface area contributed by atoms with Crippen LogP contribution in [0.4, 0.5) is 5.69 Å². The summed E-state index contributed by atoms with van der Waals surface area (Å²) < 4.78 is 0. The fourth-order valence-corrected chi connectivity index (χ4v) is 3.17. The Kier molecular flexibility index (Phi) is 6.79. The van der Waals surface area contributed by atoms with Crippen molar-refractivity contribution in [2.45, 2.75) is 32.6 Å². The lowest BCUT2D eigenvalue weighted by Crippen LogP contribution is -2.32. The van der Waals surface area contributed by atoms with Crippen LogP contribution in [0.15, 0.2) is 66.7 Å². The van der Waals surface area contributed by atoms with Gasteiger partial charge in [-0.05, 0) is 43.2 Å². The highest BCUT2D eigenvalue weighted by Crippen LogP contribution is 2.22. The molecule has 0 aliphatic rings. The minimum absolute atomic E-state index is 0.0139. The molecule has 28 heavy (non-hydrogen) atoms. The van der Waals surface area contributed by atoms with Crippen molar-refractivity contribution in [2.24, 2.45) is 0 Å². The Morgan fingerprint density at radius 2 is 1.57 bits per heavy atom. The first-order valence-electron chi connectivity index (χ1n) is 9.72. The van der Waals surface area contributed by atoms with Gasteiger partial charge in [-0.15, -0.1) is 0 Å². The second-order valence-corrected chi connectivity index (χ2v) is 7.04. The third kappa shape index (κ3) is 5.68. The van der Waals surface area contributed by atoms with Gasteiger partial charge in [-0.1, -0.05) is 66.2 Å². The molecular formula is C24H26N2O2. The Morgan fingerprint density at radius 3 is 2.39 bits per heavy atom. The van der Waals surface area contributed by atoms with Gasteiger partial charge in [0.2, 0.25) is 11.8 Å². The van der Waals surface area contributed by atoms with E-state index in [9.17, 15) is 9.59 Å². The number of rotatable bonds is 8. The van der Waals surface area contributed by atoms with Crippen molar-refractivity contribution >= 4 is 28.3 Å². The number of anilines is 1. The Morgan fingerprint density at radius 1 is 0.821 bits per heavy atom. The molecule has 0 aliphatic carbocycles. The van der Waals surface area contributed by atoms with E-state index >= 15 is 0 Å². The molecule has 0 atom stereocenters. The van der Waals surface area contributed by atoms with Crippen LogP contribution in [-0.4, -0.2) is 18.4 Å². The fraction of sp³-hybridized carbons (Fsp3) is 0.250. The maximum atomic E-state index is 12.2. The summed E-state index contributed by atoms with van der Waals surface area (Å²) in [6.45, 7) is 2.06. The summed E-state index contributed by atoms with van der Waals surface area (Å²) in [4.78, 5) is 24.2. The number of carbonyl (C=O) groups excluding carboxylic acids is 2. The molecule has 0 aliphatic heterocycles. The van der Waals surface area contributed by atoms with E-state index in [1.54, 1.807) is 0 Å². The monoisotopic (exact) mass is 374 g/mol. The van der Waals surface area contributed by atoms with Gasteiger partial charge >= 0.3 is 0 Å². The molecule has 0 bridgehead atoms. The number of hydrogen-bond donors (Lipinski definition) is 2. The number of hydrogen-bond acceptors (Lipinski definition) is 2. The van der Waals surface area contributed by atoms with Crippen LogP contribution in [0, 0.1) is 6.92 Å². The summed E-state index contributed by atoms with van der Waals surface area (Å²) in [6.07, 6.45) is 3.17. The zero-order chi connectivity index (χ0) is 19.8. The standard InChI is InChI=1S/C24H26N2O2/c1-18-13-15-19(16-14-18)7-2-5-12-23(27)25-17-24(28)26-22-11-6-9-20-8-3-4-10-21(20)22/h3-4,6,8-11,13-16H,2,5,7,12,17H2,1H3,(H,25,27)(H,26,28). The molecule has 2 N–H and O–H groups in total. The minimum atomic E-state index is -0.218. The first-order chi connectivity index (χ1) is 13.6. The molecule has 0 saturated carbocycles. The number of aryl methyl sites for hydroxylation is 2. The van der Waals surface area contributed by atoms with Crippen LogP contribution in [0.1, 0.15) is 30.4 Å². The molecule has 4 heteroatoms. The first-order valence-corrected chi connectivity index (χ1v) is 9.72. The zero-order valence-corrected chi connectivity index (χ0v) is 16.2. The zero-order valence-electron chi connectivity index (χ0n) is 16.2. The van der Waals surface area contributed by atoms with E-state index in [0.29, 0.717) is 6.42 Å². The smallest absolute Gasteiger partial charge is 0.243 e. The quantitative estimate of drug-likeness (QED) is 0.566. The highest BCUT2D eigenvalue weighted by Gasteiger charge is 2.08. The third-order valence-corrected chi connectivity index (χ3v) is 4.75. The summed E-state index contributed by atoms with van der Waals surface area (Å²) in [5.74, 6) is -0.304. The molecule has 0 radical (unpaired) electrons. The predicted molar refractivity (Wildman–Crippen MR) is 114 cm³/mol. The Balaban J connectivity index is 1.38. The summed E-state index contributed by atoms with van der Waals surface area (Å²) in [5.41, 5.74) is 3.31. The average Bonchev–Trinajstić information content (AvgIpc) is 2.71. The Labute approximate surface area is 166 Å². The van der Waals surface area contributed by atoms with E-state index in [4.69, 9.17) is 0 Å². The van der Waals surface area contributed by atoms with Gasteiger partial charge in [0.1, 0.15) is 0 Å². The van der Waals surface area contributed by atoms with Crippen molar-refractivity contribution in [3.63, 3.8) is 0 Å². The van der Waals surface area contributed by atoms with Crippen LogP contribution in [0.2, 0.25) is 0 Å². The molecular weight excluding hydrogens is 348 g/mol. The van der Waals surface area contributed by atoms with Gasteiger partial charge in [-0.3, -0.25) is 9.59 Å². The summed E-state index contributed by atoms with van der Waals surface area (Å²) in [7, 11) is 0. The lowest BCUT2D eigenvalue weighted by atomic mass is 10.1. The van der Waals surface area contributed by atoms with Crippen LogP contribution in [0.25, 0.3) is 10.8 Å². The maximum absolute atomic E-state index is 12.2. The normalized spacial score (nSPS) is 10.6. The van der Waals surface area contributed by atoms with Crippen LogP contribution >= 0.6 is 0 Å². The van der Waals surface area contributed by atoms with Gasteiger partial charge in [0.25, 0.3) is 0 Å². The molecule has 2 amide bonds. The average molecular weight is 374 g/mol. The van der Waals surface area contributed by atoms with E-state index < -0.39 is 0 Å². The van der Waals surface area contributed by atoms with Crippen LogP contribution < -0.4 is 10.6 Å². The lowest BCUT2D eigenvalue weighted by molar-refractivity contribution is -0.124. The molecule has 0 saturated heterocycles. The minimum Gasteiger partial charge on any atom is -0.347 e. The highest BCUT2D eigenvalue weighted by molar-refractivity contribution is 6.03. The van der Waals surface area contributed by atoms with E-state index in [0.717, 1.165) is 35.7 Å². The van der Waals surface area contributed by atoms with Crippen molar-refractivity contribution < 1.29 is 9.59 Å². The van der Waals surface area contributed by atoms with E-state index in [2.05, 4.69) is 41.8 Å². The molecule has 0 fully saturated rings. The number of amides is 2.